The molecule has 0 amide bonds. The first-order valence-electron chi connectivity index (χ1n) is 6.14. The third-order valence-electron chi connectivity index (χ3n) is 3.23. The standard InChI is InChI=1S/C14H13N3O3S/c1-20-10-4-7-13-12(8-10)14(17-16-13)9-2-5-11(6-3-9)21(15,18)19/h2-8H,1H3,(H,16,17)(H2,15,18,19). The molecule has 1 aromatic heterocycles. The smallest absolute Gasteiger partial charge is 0.238 e. The summed E-state index contributed by atoms with van der Waals surface area (Å²) < 4.78 is 27.7. The summed E-state index contributed by atoms with van der Waals surface area (Å²) in [5, 5.41) is 13.2. The fourth-order valence-electron chi connectivity index (χ4n) is 2.14. The third kappa shape index (κ3) is 2.48. The van der Waals surface area contributed by atoms with Crippen molar-refractivity contribution in [1.82, 2.24) is 10.2 Å². The molecule has 0 aliphatic rings. The second kappa shape index (κ2) is 4.87. The zero-order chi connectivity index (χ0) is 15.0. The van der Waals surface area contributed by atoms with E-state index in [1.165, 1.54) is 12.1 Å². The summed E-state index contributed by atoms with van der Waals surface area (Å²) in [6.07, 6.45) is 0. The minimum absolute atomic E-state index is 0.0728. The maximum absolute atomic E-state index is 11.3. The fraction of sp³-hybridized carbons (Fsp3) is 0.0714. The molecule has 21 heavy (non-hydrogen) atoms. The zero-order valence-corrected chi connectivity index (χ0v) is 12.0. The summed E-state index contributed by atoms with van der Waals surface area (Å²) in [4.78, 5) is 0.0728. The molecular formula is C14H13N3O3S. The highest BCUT2D eigenvalue weighted by molar-refractivity contribution is 7.89. The molecule has 2 aromatic carbocycles. The highest BCUT2D eigenvalue weighted by atomic mass is 32.2. The molecule has 0 saturated carbocycles. The average Bonchev–Trinajstić information content (AvgIpc) is 2.89. The lowest BCUT2D eigenvalue weighted by atomic mass is 10.1. The van der Waals surface area contributed by atoms with Crippen LogP contribution in [0.3, 0.4) is 0 Å². The molecule has 0 atom stereocenters. The van der Waals surface area contributed by atoms with Gasteiger partial charge < -0.3 is 4.74 Å². The summed E-state index contributed by atoms with van der Waals surface area (Å²) in [6, 6.07) is 11.9. The molecule has 0 radical (unpaired) electrons. The second-order valence-corrected chi connectivity index (χ2v) is 6.11. The van der Waals surface area contributed by atoms with Gasteiger partial charge in [-0.05, 0) is 30.3 Å². The van der Waals surface area contributed by atoms with Crippen LogP contribution >= 0.6 is 0 Å². The minimum Gasteiger partial charge on any atom is -0.497 e. The van der Waals surface area contributed by atoms with Gasteiger partial charge >= 0.3 is 0 Å². The maximum Gasteiger partial charge on any atom is 0.238 e. The number of nitrogens with one attached hydrogen (secondary N) is 1. The van der Waals surface area contributed by atoms with E-state index in [-0.39, 0.29) is 4.90 Å². The molecule has 3 rings (SSSR count). The van der Waals surface area contributed by atoms with Crippen LogP contribution < -0.4 is 9.88 Å². The molecule has 0 aliphatic heterocycles. The van der Waals surface area contributed by atoms with Crippen molar-refractivity contribution in [2.24, 2.45) is 5.14 Å². The number of sulfonamides is 1. The van der Waals surface area contributed by atoms with E-state index in [2.05, 4.69) is 10.2 Å². The van der Waals surface area contributed by atoms with Crippen molar-refractivity contribution < 1.29 is 13.2 Å². The van der Waals surface area contributed by atoms with Gasteiger partial charge in [0.15, 0.2) is 0 Å². The van der Waals surface area contributed by atoms with Crippen molar-refractivity contribution in [2.75, 3.05) is 7.11 Å². The quantitative estimate of drug-likeness (QED) is 0.772. The van der Waals surface area contributed by atoms with E-state index >= 15 is 0 Å². The Bertz CT molecular complexity index is 899. The van der Waals surface area contributed by atoms with Crippen LogP contribution in [0.4, 0.5) is 0 Å². The van der Waals surface area contributed by atoms with Gasteiger partial charge in [-0.1, -0.05) is 12.1 Å². The van der Waals surface area contributed by atoms with Gasteiger partial charge in [0.1, 0.15) is 11.4 Å². The number of ether oxygens (including phenoxy) is 1. The van der Waals surface area contributed by atoms with Crippen molar-refractivity contribution >= 4 is 20.9 Å². The topological polar surface area (TPSA) is 98.1 Å². The molecule has 3 aromatic rings. The fourth-order valence-corrected chi connectivity index (χ4v) is 2.66. The van der Waals surface area contributed by atoms with Gasteiger partial charge in [-0.15, -0.1) is 0 Å². The Kier molecular flexibility index (Phi) is 3.15. The van der Waals surface area contributed by atoms with Gasteiger partial charge in [0.05, 0.1) is 17.5 Å². The third-order valence-corrected chi connectivity index (χ3v) is 4.16. The molecule has 3 N–H and O–H groups in total. The highest BCUT2D eigenvalue weighted by Crippen LogP contribution is 2.29. The Morgan fingerprint density at radius 1 is 1.14 bits per heavy atom. The minimum atomic E-state index is -3.69. The predicted molar refractivity (Wildman–Crippen MR) is 79.5 cm³/mol. The Morgan fingerprint density at radius 2 is 1.86 bits per heavy atom. The number of benzene rings is 2. The van der Waals surface area contributed by atoms with Gasteiger partial charge in [-0.3, -0.25) is 5.10 Å². The van der Waals surface area contributed by atoms with E-state index in [1.54, 1.807) is 19.2 Å². The van der Waals surface area contributed by atoms with Gasteiger partial charge in [-0.2, -0.15) is 5.10 Å². The first kappa shape index (κ1) is 13.6. The van der Waals surface area contributed by atoms with Crippen molar-refractivity contribution in [2.45, 2.75) is 4.90 Å². The van der Waals surface area contributed by atoms with Gasteiger partial charge in [0.25, 0.3) is 0 Å². The molecule has 1 heterocycles. The van der Waals surface area contributed by atoms with Gasteiger partial charge in [0, 0.05) is 10.9 Å². The number of methoxy groups -OCH3 is 1. The molecule has 0 saturated heterocycles. The second-order valence-electron chi connectivity index (χ2n) is 4.55. The number of aromatic amines is 1. The molecule has 6 nitrogen and oxygen atoms in total. The summed E-state index contributed by atoms with van der Waals surface area (Å²) in [6.45, 7) is 0. The summed E-state index contributed by atoms with van der Waals surface area (Å²) in [5.41, 5.74) is 2.40. The molecule has 0 spiro atoms. The van der Waals surface area contributed by atoms with E-state index in [9.17, 15) is 8.42 Å². The van der Waals surface area contributed by atoms with E-state index in [0.717, 1.165) is 27.9 Å². The SMILES string of the molecule is COc1ccc2[nH]nc(-c3ccc(S(N)(=O)=O)cc3)c2c1. The normalized spacial score (nSPS) is 11.7. The van der Waals surface area contributed by atoms with E-state index in [4.69, 9.17) is 9.88 Å². The highest BCUT2D eigenvalue weighted by Gasteiger charge is 2.11. The van der Waals surface area contributed by atoms with Crippen LogP contribution in [0.5, 0.6) is 5.75 Å². The summed E-state index contributed by atoms with van der Waals surface area (Å²) in [7, 11) is -2.09. The van der Waals surface area contributed by atoms with Crippen LogP contribution in [0.2, 0.25) is 0 Å². The maximum atomic E-state index is 11.3. The van der Waals surface area contributed by atoms with Crippen molar-refractivity contribution in [3.63, 3.8) is 0 Å². The van der Waals surface area contributed by atoms with Crippen LogP contribution in [0.1, 0.15) is 0 Å². The number of primary sulfonamides is 1. The molecule has 108 valence electrons. The number of nitrogens with two attached hydrogens (primary N) is 1. The number of rotatable bonds is 3. The molecule has 0 fully saturated rings. The van der Waals surface area contributed by atoms with Crippen LogP contribution in [0, 0.1) is 0 Å². The molecular weight excluding hydrogens is 290 g/mol. The molecule has 0 aliphatic carbocycles. The van der Waals surface area contributed by atoms with E-state index < -0.39 is 10.0 Å². The first-order valence-corrected chi connectivity index (χ1v) is 7.69. The average molecular weight is 303 g/mol. The lowest BCUT2D eigenvalue weighted by Crippen LogP contribution is -2.11. The monoisotopic (exact) mass is 303 g/mol. The Balaban J connectivity index is 2.12. The van der Waals surface area contributed by atoms with Crippen molar-refractivity contribution in [3.05, 3.63) is 42.5 Å². The van der Waals surface area contributed by atoms with Crippen LogP contribution in [-0.2, 0) is 10.0 Å². The molecule has 0 bridgehead atoms. The van der Waals surface area contributed by atoms with E-state index in [0.29, 0.717) is 0 Å². The van der Waals surface area contributed by atoms with Crippen LogP contribution in [-0.4, -0.2) is 25.7 Å². The number of hydrogen-bond donors (Lipinski definition) is 2. The Morgan fingerprint density at radius 3 is 2.48 bits per heavy atom. The summed E-state index contributed by atoms with van der Waals surface area (Å²) >= 11 is 0. The number of hydrogen-bond acceptors (Lipinski definition) is 4. The van der Waals surface area contributed by atoms with Crippen LogP contribution in [0.15, 0.2) is 47.4 Å². The van der Waals surface area contributed by atoms with Gasteiger partial charge in [-0.25, -0.2) is 13.6 Å². The largest absolute Gasteiger partial charge is 0.497 e. The number of fused-ring (bicyclic) bond motifs is 1. The van der Waals surface area contributed by atoms with Gasteiger partial charge in [0.2, 0.25) is 10.0 Å². The van der Waals surface area contributed by atoms with E-state index in [1.807, 2.05) is 18.2 Å². The molecule has 0 unspecified atom stereocenters. The Hall–Kier alpha value is -2.38. The molecule has 7 heteroatoms. The van der Waals surface area contributed by atoms with Crippen molar-refractivity contribution in [3.8, 4) is 17.0 Å². The van der Waals surface area contributed by atoms with Crippen molar-refractivity contribution in [1.29, 1.82) is 0 Å². The number of H-pyrrole nitrogens is 1. The van der Waals surface area contributed by atoms with Crippen LogP contribution in [0.25, 0.3) is 22.2 Å². The lowest BCUT2D eigenvalue weighted by molar-refractivity contribution is 0.415. The lowest BCUT2D eigenvalue weighted by Gasteiger charge is -2.02. The zero-order valence-electron chi connectivity index (χ0n) is 11.2. The Labute approximate surface area is 121 Å². The predicted octanol–water partition coefficient (Wildman–Crippen LogP) is 1.89. The summed E-state index contributed by atoms with van der Waals surface area (Å²) in [5.74, 6) is 0.728. The first-order chi connectivity index (χ1) is 9.99. The number of nitrogens with zero attached hydrogens (tertiary/aromatic N) is 1. The number of aromatic nitrogens is 2.